The minimum atomic E-state index is -0.190. The van der Waals surface area contributed by atoms with Gasteiger partial charge in [0.05, 0.1) is 0 Å². The van der Waals surface area contributed by atoms with Crippen LogP contribution in [0.15, 0.2) is 0 Å². The fraction of sp³-hybridized carbons (Fsp3) is 0.923. The van der Waals surface area contributed by atoms with Crippen LogP contribution >= 0.6 is 0 Å². The van der Waals surface area contributed by atoms with Crippen molar-refractivity contribution in [2.75, 3.05) is 33.7 Å². The van der Waals surface area contributed by atoms with Crippen LogP contribution in [0.2, 0.25) is 0 Å². The Kier molecular flexibility index (Phi) is 4.51. The van der Waals surface area contributed by atoms with Crippen LogP contribution in [0.5, 0.6) is 0 Å². The van der Waals surface area contributed by atoms with Gasteiger partial charge in [0.15, 0.2) is 0 Å². The lowest BCUT2D eigenvalue weighted by atomic mass is 9.87. The van der Waals surface area contributed by atoms with E-state index in [-0.39, 0.29) is 5.41 Å². The van der Waals surface area contributed by atoms with Crippen molar-refractivity contribution >= 4 is 5.78 Å². The number of piperidine rings is 1. The van der Waals surface area contributed by atoms with E-state index in [1.807, 2.05) is 13.8 Å². The summed E-state index contributed by atoms with van der Waals surface area (Å²) in [5, 5.41) is 0. The van der Waals surface area contributed by atoms with Gasteiger partial charge in [-0.1, -0.05) is 13.8 Å². The molecule has 0 aromatic rings. The third-order valence-corrected chi connectivity index (χ3v) is 3.86. The second kappa shape index (κ2) is 5.28. The topological polar surface area (TPSA) is 23.6 Å². The van der Waals surface area contributed by atoms with Gasteiger partial charge in [0.2, 0.25) is 0 Å². The molecular formula is C13H26N2O. The molecule has 0 saturated carbocycles. The van der Waals surface area contributed by atoms with Crippen molar-refractivity contribution in [3.8, 4) is 0 Å². The Morgan fingerprint density at radius 3 is 2.19 bits per heavy atom. The molecule has 0 atom stereocenters. The standard InChI is InChI=1S/C13H26N2O/c1-11(16)13(2,3)10-15-8-6-12(7-9-15)14(4)5/h12H,6-10H2,1-5H3. The lowest BCUT2D eigenvalue weighted by Gasteiger charge is -2.38. The molecular weight excluding hydrogens is 200 g/mol. The zero-order valence-corrected chi connectivity index (χ0v) is 11.4. The van der Waals surface area contributed by atoms with E-state index in [1.165, 1.54) is 12.8 Å². The number of hydrogen-bond donors (Lipinski definition) is 0. The maximum atomic E-state index is 11.5. The van der Waals surface area contributed by atoms with Crippen LogP contribution in [0, 0.1) is 5.41 Å². The predicted molar refractivity (Wildman–Crippen MR) is 67.6 cm³/mol. The molecule has 0 bridgehead atoms. The highest BCUT2D eigenvalue weighted by atomic mass is 16.1. The molecule has 0 unspecified atom stereocenters. The Bertz CT molecular complexity index is 240. The van der Waals surface area contributed by atoms with Crippen molar-refractivity contribution in [2.24, 2.45) is 5.41 Å². The molecule has 0 aliphatic carbocycles. The molecule has 1 heterocycles. The van der Waals surface area contributed by atoms with Gasteiger partial charge in [0.25, 0.3) is 0 Å². The maximum Gasteiger partial charge on any atom is 0.136 e. The number of hydrogen-bond acceptors (Lipinski definition) is 3. The Labute approximate surface area is 99.8 Å². The summed E-state index contributed by atoms with van der Waals surface area (Å²) in [5.41, 5.74) is -0.190. The number of ketones is 1. The van der Waals surface area contributed by atoms with E-state index in [9.17, 15) is 4.79 Å². The lowest BCUT2D eigenvalue weighted by Crippen LogP contribution is -2.46. The molecule has 3 heteroatoms. The third-order valence-electron chi connectivity index (χ3n) is 3.86. The molecule has 0 N–H and O–H groups in total. The van der Waals surface area contributed by atoms with Crippen molar-refractivity contribution in [3.63, 3.8) is 0 Å². The summed E-state index contributed by atoms with van der Waals surface area (Å²) >= 11 is 0. The fourth-order valence-electron chi connectivity index (χ4n) is 2.26. The molecule has 1 aliphatic heterocycles. The van der Waals surface area contributed by atoms with Gasteiger partial charge in [-0.2, -0.15) is 0 Å². The molecule has 0 amide bonds. The molecule has 3 nitrogen and oxygen atoms in total. The van der Waals surface area contributed by atoms with E-state index >= 15 is 0 Å². The summed E-state index contributed by atoms with van der Waals surface area (Å²) in [5.74, 6) is 0.294. The number of carbonyl (C=O) groups is 1. The first-order valence-corrected chi connectivity index (χ1v) is 6.23. The first-order chi connectivity index (χ1) is 7.33. The highest BCUT2D eigenvalue weighted by molar-refractivity contribution is 5.81. The molecule has 1 aliphatic rings. The summed E-state index contributed by atoms with van der Waals surface area (Å²) in [6, 6.07) is 0.719. The number of rotatable bonds is 4. The Morgan fingerprint density at radius 2 is 1.81 bits per heavy atom. The predicted octanol–water partition coefficient (Wildman–Crippen LogP) is 1.63. The number of Topliss-reactive ketones (excluding diaryl/α,β-unsaturated/α-hetero) is 1. The molecule has 1 saturated heterocycles. The van der Waals surface area contributed by atoms with E-state index in [2.05, 4.69) is 23.9 Å². The molecule has 1 rings (SSSR count). The zero-order chi connectivity index (χ0) is 12.3. The van der Waals surface area contributed by atoms with Crippen LogP contribution in [-0.2, 0) is 4.79 Å². The number of nitrogens with zero attached hydrogens (tertiary/aromatic N) is 2. The van der Waals surface area contributed by atoms with Crippen molar-refractivity contribution < 1.29 is 4.79 Å². The van der Waals surface area contributed by atoms with E-state index in [1.54, 1.807) is 6.92 Å². The second-order valence-corrected chi connectivity index (χ2v) is 5.91. The van der Waals surface area contributed by atoms with E-state index in [0.717, 1.165) is 25.7 Å². The van der Waals surface area contributed by atoms with Gasteiger partial charge in [0, 0.05) is 18.0 Å². The molecule has 0 aromatic heterocycles. The van der Waals surface area contributed by atoms with Crippen molar-refractivity contribution in [1.82, 2.24) is 9.80 Å². The highest BCUT2D eigenvalue weighted by Crippen LogP contribution is 2.22. The minimum absolute atomic E-state index is 0.190. The van der Waals surface area contributed by atoms with Gasteiger partial charge in [0.1, 0.15) is 5.78 Å². The quantitative estimate of drug-likeness (QED) is 0.728. The van der Waals surface area contributed by atoms with Gasteiger partial charge in [-0.15, -0.1) is 0 Å². The minimum Gasteiger partial charge on any atom is -0.306 e. The number of carbonyl (C=O) groups excluding carboxylic acids is 1. The van der Waals surface area contributed by atoms with Crippen molar-refractivity contribution in [3.05, 3.63) is 0 Å². The Morgan fingerprint density at radius 1 is 1.31 bits per heavy atom. The van der Waals surface area contributed by atoms with Gasteiger partial charge in [-0.25, -0.2) is 0 Å². The summed E-state index contributed by atoms with van der Waals surface area (Å²) in [6.45, 7) is 8.95. The van der Waals surface area contributed by atoms with Crippen molar-refractivity contribution in [1.29, 1.82) is 0 Å². The largest absolute Gasteiger partial charge is 0.306 e. The van der Waals surface area contributed by atoms with E-state index in [4.69, 9.17) is 0 Å². The smallest absolute Gasteiger partial charge is 0.136 e. The molecule has 1 fully saturated rings. The normalized spacial score (nSPS) is 20.4. The average molecular weight is 226 g/mol. The van der Waals surface area contributed by atoms with Crippen LogP contribution in [0.25, 0.3) is 0 Å². The third kappa shape index (κ3) is 3.56. The molecule has 0 radical (unpaired) electrons. The SMILES string of the molecule is CC(=O)C(C)(C)CN1CCC(N(C)C)CC1. The summed E-state index contributed by atoms with van der Waals surface area (Å²) in [7, 11) is 4.31. The molecule has 16 heavy (non-hydrogen) atoms. The first kappa shape index (κ1) is 13.7. The van der Waals surface area contributed by atoms with Gasteiger partial charge >= 0.3 is 0 Å². The van der Waals surface area contributed by atoms with Crippen LogP contribution in [0.4, 0.5) is 0 Å². The van der Waals surface area contributed by atoms with Crippen molar-refractivity contribution in [2.45, 2.75) is 39.7 Å². The van der Waals surface area contributed by atoms with Crippen LogP contribution < -0.4 is 0 Å². The summed E-state index contributed by atoms with van der Waals surface area (Å²) < 4.78 is 0. The van der Waals surface area contributed by atoms with Crippen LogP contribution in [0.1, 0.15) is 33.6 Å². The summed E-state index contributed by atoms with van der Waals surface area (Å²) in [6.07, 6.45) is 2.45. The highest BCUT2D eigenvalue weighted by Gasteiger charge is 2.29. The van der Waals surface area contributed by atoms with Gasteiger partial charge in [-0.05, 0) is 47.0 Å². The number of likely N-dealkylation sites (tertiary alicyclic amines) is 1. The van der Waals surface area contributed by atoms with Crippen LogP contribution in [-0.4, -0.2) is 55.4 Å². The van der Waals surface area contributed by atoms with Gasteiger partial charge < -0.3 is 9.80 Å². The maximum absolute atomic E-state index is 11.5. The van der Waals surface area contributed by atoms with Gasteiger partial charge in [-0.3, -0.25) is 4.79 Å². The molecule has 0 spiro atoms. The first-order valence-electron chi connectivity index (χ1n) is 6.23. The Hall–Kier alpha value is -0.410. The second-order valence-electron chi connectivity index (χ2n) is 5.91. The monoisotopic (exact) mass is 226 g/mol. The van der Waals surface area contributed by atoms with E-state index < -0.39 is 0 Å². The Balaban J connectivity index is 2.40. The molecule has 94 valence electrons. The van der Waals surface area contributed by atoms with E-state index in [0.29, 0.717) is 5.78 Å². The lowest BCUT2D eigenvalue weighted by molar-refractivity contribution is -0.126. The fourth-order valence-corrected chi connectivity index (χ4v) is 2.26. The summed E-state index contributed by atoms with van der Waals surface area (Å²) in [4.78, 5) is 16.2. The average Bonchev–Trinajstić information content (AvgIpc) is 2.17. The van der Waals surface area contributed by atoms with Crippen LogP contribution in [0.3, 0.4) is 0 Å². The molecule has 0 aromatic carbocycles. The zero-order valence-electron chi connectivity index (χ0n) is 11.4.